The second-order valence-corrected chi connectivity index (χ2v) is 4.35. The van der Waals surface area contributed by atoms with Crippen LogP contribution in [0.3, 0.4) is 0 Å². The molecular formula is C8H8BrNS. The molecule has 0 bridgehead atoms. The van der Waals surface area contributed by atoms with Gasteiger partial charge in [0.15, 0.2) is 0 Å². The third kappa shape index (κ3) is 1.60. The van der Waals surface area contributed by atoms with Gasteiger partial charge in [-0.25, -0.2) is 0 Å². The van der Waals surface area contributed by atoms with Crippen molar-refractivity contribution in [3.05, 3.63) is 28.2 Å². The third-order valence-corrected chi connectivity index (χ3v) is 3.16. The predicted octanol–water partition coefficient (Wildman–Crippen LogP) is 2.60. The highest BCUT2D eigenvalue weighted by Crippen LogP contribution is 2.26. The standard InChI is InChI=1S/C8H8BrNS/c9-7-1-2-8-6(5-7)3-4-10-11-8/h1-2,5,10H,3-4H2. The van der Waals surface area contributed by atoms with E-state index in [-0.39, 0.29) is 0 Å². The van der Waals surface area contributed by atoms with Crippen molar-refractivity contribution in [1.29, 1.82) is 0 Å². The Labute approximate surface area is 78.8 Å². The molecule has 3 heteroatoms. The average molecular weight is 230 g/mol. The van der Waals surface area contributed by atoms with Crippen LogP contribution in [-0.4, -0.2) is 6.54 Å². The molecule has 0 saturated heterocycles. The van der Waals surface area contributed by atoms with E-state index in [2.05, 4.69) is 38.9 Å². The SMILES string of the molecule is Brc1ccc2c(c1)CCNS2. The Morgan fingerprint density at radius 3 is 3.27 bits per heavy atom. The first-order valence-corrected chi connectivity index (χ1v) is 5.15. The lowest BCUT2D eigenvalue weighted by Gasteiger charge is -2.15. The normalized spacial score (nSPS) is 16.1. The second kappa shape index (κ2) is 3.17. The van der Waals surface area contributed by atoms with Crippen LogP contribution in [0.4, 0.5) is 0 Å². The van der Waals surface area contributed by atoms with Crippen LogP contribution in [0.2, 0.25) is 0 Å². The first kappa shape index (κ1) is 7.65. The number of fused-ring (bicyclic) bond motifs is 1. The van der Waals surface area contributed by atoms with Crippen molar-refractivity contribution in [3.8, 4) is 0 Å². The fourth-order valence-corrected chi connectivity index (χ4v) is 2.35. The Balaban J connectivity index is 2.43. The number of rotatable bonds is 0. The molecule has 0 amide bonds. The average Bonchev–Trinajstić information content (AvgIpc) is 2.04. The highest BCUT2D eigenvalue weighted by molar-refractivity contribution is 9.10. The quantitative estimate of drug-likeness (QED) is 0.687. The van der Waals surface area contributed by atoms with Gasteiger partial charge in [0, 0.05) is 15.9 Å². The molecule has 0 radical (unpaired) electrons. The molecule has 0 saturated carbocycles. The number of nitrogens with one attached hydrogen (secondary N) is 1. The summed E-state index contributed by atoms with van der Waals surface area (Å²) in [7, 11) is 0. The summed E-state index contributed by atoms with van der Waals surface area (Å²) >= 11 is 5.19. The zero-order valence-corrected chi connectivity index (χ0v) is 8.33. The molecule has 2 rings (SSSR count). The molecule has 1 aliphatic rings. The van der Waals surface area contributed by atoms with E-state index in [1.807, 2.05) is 0 Å². The summed E-state index contributed by atoms with van der Waals surface area (Å²) in [5, 5.41) is 0. The summed E-state index contributed by atoms with van der Waals surface area (Å²) in [6.45, 7) is 1.08. The molecule has 58 valence electrons. The first-order valence-electron chi connectivity index (χ1n) is 3.54. The maximum absolute atomic E-state index is 3.46. The molecular weight excluding hydrogens is 222 g/mol. The summed E-state index contributed by atoms with van der Waals surface area (Å²) in [5.74, 6) is 0. The number of benzene rings is 1. The van der Waals surface area contributed by atoms with Crippen LogP contribution < -0.4 is 4.72 Å². The van der Waals surface area contributed by atoms with Crippen molar-refractivity contribution in [3.63, 3.8) is 0 Å². The van der Waals surface area contributed by atoms with Gasteiger partial charge in [0.1, 0.15) is 0 Å². The lowest BCUT2D eigenvalue weighted by molar-refractivity contribution is 0.864. The predicted molar refractivity (Wildman–Crippen MR) is 51.7 cm³/mol. The molecule has 11 heavy (non-hydrogen) atoms. The second-order valence-electron chi connectivity index (χ2n) is 2.50. The molecule has 0 aromatic heterocycles. The van der Waals surface area contributed by atoms with Crippen LogP contribution in [0, 0.1) is 0 Å². The zero-order valence-electron chi connectivity index (χ0n) is 5.93. The van der Waals surface area contributed by atoms with E-state index >= 15 is 0 Å². The zero-order chi connectivity index (χ0) is 7.68. The summed E-state index contributed by atoms with van der Waals surface area (Å²) in [5.41, 5.74) is 1.45. The molecule has 1 N–H and O–H groups in total. The van der Waals surface area contributed by atoms with Crippen molar-refractivity contribution in [2.75, 3.05) is 6.54 Å². The summed E-state index contributed by atoms with van der Waals surface area (Å²) in [6, 6.07) is 6.43. The van der Waals surface area contributed by atoms with E-state index in [1.165, 1.54) is 14.9 Å². The Bertz CT molecular complexity index is 275. The van der Waals surface area contributed by atoms with Gasteiger partial charge in [-0.05, 0) is 42.1 Å². The lowest BCUT2D eigenvalue weighted by atomic mass is 10.1. The highest BCUT2D eigenvalue weighted by atomic mass is 79.9. The molecule has 1 heterocycles. The largest absolute Gasteiger partial charge is 0.260 e. The molecule has 1 nitrogen and oxygen atoms in total. The lowest BCUT2D eigenvalue weighted by Crippen LogP contribution is -2.14. The minimum Gasteiger partial charge on any atom is -0.260 e. The number of hydrogen-bond donors (Lipinski definition) is 1. The van der Waals surface area contributed by atoms with E-state index in [1.54, 1.807) is 11.9 Å². The van der Waals surface area contributed by atoms with E-state index in [0.29, 0.717) is 0 Å². The molecule has 0 unspecified atom stereocenters. The van der Waals surface area contributed by atoms with Crippen LogP contribution in [0.25, 0.3) is 0 Å². The van der Waals surface area contributed by atoms with Crippen LogP contribution in [0.1, 0.15) is 5.56 Å². The molecule has 0 fully saturated rings. The van der Waals surface area contributed by atoms with Crippen LogP contribution in [0.5, 0.6) is 0 Å². The Morgan fingerprint density at radius 1 is 1.45 bits per heavy atom. The number of halogens is 1. The van der Waals surface area contributed by atoms with Crippen molar-refractivity contribution in [1.82, 2.24) is 4.72 Å². The fourth-order valence-electron chi connectivity index (χ4n) is 1.16. The van der Waals surface area contributed by atoms with Gasteiger partial charge in [-0.2, -0.15) is 0 Å². The van der Waals surface area contributed by atoms with Gasteiger partial charge in [0.2, 0.25) is 0 Å². The van der Waals surface area contributed by atoms with Gasteiger partial charge >= 0.3 is 0 Å². The van der Waals surface area contributed by atoms with Gasteiger partial charge < -0.3 is 0 Å². The van der Waals surface area contributed by atoms with Crippen molar-refractivity contribution in [2.45, 2.75) is 11.3 Å². The molecule has 0 aliphatic carbocycles. The van der Waals surface area contributed by atoms with E-state index in [4.69, 9.17) is 0 Å². The van der Waals surface area contributed by atoms with Crippen molar-refractivity contribution >= 4 is 27.9 Å². The summed E-state index contributed by atoms with van der Waals surface area (Å²) in [6.07, 6.45) is 1.14. The van der Waals surface area contributed by atoms with E-state index in [9.17, 15) is 0 Å². The van der Waals surface area contributed by atoms with Gasteiger partial charge in [-0.3, -0.25) is 4.72 Å². The smallest absolute Gasteiger partial charge is 0.0261 e. The molecule has 0 atom stereocenters. The fraction of sp³-hybridized carbons (Fsp3) is 0.250. The van der Waals surface area contributed by atoms with E-state index in [0.717, 1.165) is 13.0 Å². The van der Waals surface area contributed by atoms with Crippen LogP contribution in [-0.2, 0) is 6.42 Å². The van der Waals surface area contributed by atoms with Gasteiger partial charge in [0.25, 0.3) is 0 Å². The minimum absolute atomic E-state index is 1.08. The van der Waals surface area contributed by atoms with Gasteiger partial charge in [-0.1, -0.05) is 15.9 Å². The minimum atomic E-state index is 1.08. The van der Waals surface area contributed by atoms with Crippen molar-refractivity contribution < 1.29 is 0 Å². The van der Waals surface area contributed by atoms with Crippen molar-refractivity contribution in [2.24, 2.45) is 0 Å². The first-order chi connectivity index (χ1) is 5.36. The molecule has 1 aromatic rings. The van der Waals surface area contributed by atoms with Gasteiger partial charge in [-0.15, -0.1) is 0 Å². The maximum atomic E-state index is 3.46. The van der Waals surface area contributed by atoms with Crippen LogP contribution in [0.15, 0.2) is 27.6 Å². The Morgan fingerprint density at radius 2 is 2.36 bits per heavy atom. The Kier molecular flexibility index (Phi) is 2.20. The summed E-state index contributed by atoms with van der Waals surface area (Å²) < 4.78 is 4.44. The topological polar surface area (TPSA) is 12.0 Å². The monoisotopic (exact) mass is 229 g/mol. The van der Waals surface area contributed by atoms with E-state index < -0.39 is 0 Å². The number of hydrogen-bond acceptors (Lipinski definition) is 2. The molecule has 1 aliphatic heterocycles. The maximum Gasteiger partial charge on any atom is 0.0261 e. The molecule has 1 aromatic carbocycles. The highest BCUT2D eigenvalue weighted by Gasteiger charge is 2.08. The van der Waals surface area contributed by atoms with Crippen LogP contribution >= 0.6 is 27.9 Å². The third-order valence-electron chi connectivity index (χ3n) is 1.70. The molecule has 0 spiro atoms. The Hall–Kier alpha value is 0.01000. The summed E-state index contributed by atoms with van der Waals surface area (Å²) in [4.78, 5) is 1.36. The van der Waals surface area contributed by atoms with Gasteiger partial charge in [0.05, 0.1) is 0 Å².